The van der Waals surface area contributed by atoms with Gasteiger partial charge in [-0.25, -0.2) is 4.98 Å². The molecule has 0 amide bonds. The maximum atomic E-state index is 6.05. The van der Waals surface area contributed by atoms with Crippen LogP contribution in [0.5, 0.6) is 0 Å². The summed E-state index contributed by atoms with van der Waals surface area (Å²) in [4.78, 5) is 8.69. The molecule has 20 heavy (non-hydrogen) atoms. The first-order valence-corrected chi connectivity index (χ1v) is 7.26. The molecule has 0 atom stereocenters. The van der Waals surface area contributed by atoms with Crippen molar-refractivity contribution in [2.75, 3.05) is 6.54 Å². The van der Waals surface area contributed by atoms with Crippen LogP contribution in [-0.2, 0) is 12.5 Å². The molecule has 3 rings (SSSR count). The molecular formula is C14H21N5O. The normalized spacial score (nSPS) is 18.9. The summed E-state index contributed by atoms with van der Waals surface area (Å²) in [5.74, 6) is 1.29. The molecule has 1 aliphatic rings. The van der Waals surface area contributed by atoms with E-state index in [4.69, 9.17) is 10.3 Å². The molecule has 0 bridgehead atoms. The van der Waals surface area contributed by atoms with E-state index in [0.717, 1.165) is 18.5 Å². The fourth-order valence-electron chi connectivity index (χ4n) is 3.03. The minimum Gasteiger partial charge on any atom is -0.338 e. The van der Waals surface area contributed by atoms with E-state index in [0.29, 0.717) is 18.3 Å². The first kappa shape index (κ1) is 13.3. The second-order valence-corrected chi connectivity index (χ2v) is 5.71. The van der Waals surface area contributed by atoms with Gasteiger partial charge in [0.25, 0.3) is 0 Å². The standard InChI is InChI=1S/C14H21N5O/c1-19-10-16-8-11(19)12-17-13(20-18-12)14(9-15)6-4-2-3-5-7-14/h8,10H,2-7,9,15H2,1H3. The third kappa shape index (κ3) is 2.24. The maximum absolute atomic E-state index is 6.05. The van der Waals surface area contributed by atoms with Crippen molar-refractivity contribution in [3.8, 4) is 11.5 Å². The predicted molar refractivity (Wildman–Crippen MR) is 74.9 cm³/mol. The van der Waals surface area contributed by atoms with Gasteiger partial charge in [-0.3, -0.25) is 0 Å². The molecule has 0 saturated heterocycles. The van der Waals surface area contributed by atoms with Crippen LogP contribution in [-0.4, -0.2) is 26.2 Å². The summed E-state index contributed by atoms with van der Waals surface area (Å²) >= 11 is 0. The molecule has 2 N–H and O–H groups in total. The third-order valence-electron chi connectivity index (χ3n) is 4.38. The lowest BCUT2D eigenvalue weighted by Gasteiger charge is -2.26. The second kappa shape index (κ2) is 5.36. The van der Waals surface area contributed by atoms with Crippen molar-refractivity contribution in [2.45, 2.75) is 43.9 Å². The lowest BCUT2D eigenvalue weighted by molar-refractivity contribution is 0.257. The summed E-state index contributed by atoms with van der Waals surface area (Å²) in [5.41, 5.74) is 6.78. The zero-order chi connectivity index (χ0) is 14.0. The Bertz CT molecular complexity index is 566. The molecule has 0 radical (unpaired) electrons. The summed E-state index contributed by atoms with van der Waals surface area (Å²) in [6, 6.07) is 0. The van der Waals surface area contributed by atoms with Crippen LogP contribution >= 0.6 is 0 Å². The van der Waals surface area contributed by atoms with Crippen LogP contribution in [0.2, 0.25) is 0 Å². The van der Waals surface area contributed by atoms with Crippen molar-refractivity contribution < 1.29 is 4.52 Å². The molecule has 2 aromatic heterocycles. The lowest BCUT2D eigenvalue weighted by Crippen LogP contribution is -2.35. The summed E-state index contributed by atoms with van der Waals surface area (Å²) in [5, 5.41) is 4.12. The average molecular weight is 275 g/mol. The highest BCUT2D eigenvalue weighted by atomic mass is 16.5. The Balaban J connectivity index is 1.93. The Labute approximate surface area is 118 Å². The van der Waals surface area contributed by atoms with Gasteiger partial charge in [-0.2, -0.15) is 4.98 Å². The molecule has 0 aromatic carbocycles. The Morgan fingerprint density at radius 2 is 2.05 bits per heavy atom. The van der Waals surface area contributed by atoms with E-state index < -0.39 is 0 Å². The van der Waals surface area contributed by atoms with E-state index in [9.17, 15) is 0 Å². The summed E-state index contributed by atoms with van der Waals surface area (Å²) in [6.07, 6.45) is 10.5. The number of imidazole rings is 1. The van der Waals surface area contributed by atoms with E-state index in [1.54, 1.807) is 12.5 Å². The van der Waals surface area contributed by atoms with Crippen molar-refractivity contribution in [3.63, 3.8) is 0 Å². The third-order valence-corrected chi connectivity index (χ3v) is 4.38. The van der Waals surface area contributed by atoms with Crippen LogP contribution < -0.4 is 5.73 Å². The molecule has 2 heterocycles. The van der Waals surface area contributed by atoms with Gasteiger partial charge in [0, 0.05) is 13.6 Å². The first-order valence-electron chi connectivity index (χ1n) is 7.26. The number of aryl methyl sites for hydroxylation is 1. The second-order valence-electron chi connectivity index (χ2n) is 5.71. The van der Waals surface area contributed by atoms with Crippen LogP contribution in [0.4, 0.5) is 0 Å². The molecule has 0 spiro atoms. The molecule has 6 nitrogen and oxygen atoms in total. The Morgan fingerprint density at radius 1 is 1.30 bits per heavy atom. The lowest BCUT2D eigenvalue weighted by atomic mass is 9.80. The molecule has 0 aliphatic heterocycles. The number of nitrogens with zero attached hydrogens (tertiary/aromatic N) is 4. The van der Waals surface area contributed by atoms with Crippen LogP contribution in [0.1, 0.15) is 44.4 Å². The van der Waals surface area contributed by atoms with Crippen LogP contribution in [0.15, 0.2) is 17.0 Å². The largest absolute Gasteiger partial charge is 0.338 e. The predicted octanol–water partition coefficient (Wildman–Crippen LogP) is 2.02. The molecule has 2 aromatic rings. The van der Waals surface area contributed by atoms with Crippen LogP contribution in [0.3, 0.4) is 0 Å². The van der Waals surface area contributed by atoms with Gasteiger partial charge in [0.15, 0.2) is 0 Å². The molecule has 1 saturated carbocycles. The van der Waals surface area contributed by atoms with Crippen molar-refractivity contribution in [3.05, 3.63) is 18.4 Å². The number of aromatic nitrogens is 4. The minimum atomic E-state index is -0.139. The summed E-state index contributed by atoms with van der Waals surface area (Å²) in [6.45, 7) is 0.569. The summed E-state index contributed by atoms with van der Waals surface area (Å²) in [7, 11) is 1.92. The SMILES string of the molecule is Cn1cncc1-c1noc(C2(CN)CCCCCC2)n1. The van der Waals surface area contributed by atoms with Gasteiger partial charge >= 0.3 is 0 Å². The van der Waals surface area contributed by atoms with E-state index in [1.165, 1.54) is 25.7 Å². The molecular weight excluding hydrogens is 254 g/mol. The van der Waals surface area contributed by atoms with Crippen LogP contribution in [0, 0.1) is 0 Å². The fraction of sp³-hybridized carbons (Fsp3) is 0.643. The highest BCUT2D eigenvalue weighted by molar-refractivity contribution is 5.47. The molecule has 0 unspecified atom stereocenters. The smallest absolute Gasteiger partial charge is 0.234 e. The topological polar surface area (TPSA) is 82.8 Å². The Kier molecular flexibility index (Phi) is 3.56. The van der Waals surface area contributed by atoms with Gasteiger partial charge in [0.1, 0.15) is 5.69 Å². The van der Waals surface area contributed by atoms with Gasteiger partial charge in [0.05, 0.1) is 17.9 Å². The average Bonchev–Trinajstić information content (AvgIpc) is 3.03. The van der Waals surface area contributed by atoms with Crippen molar-refractivity contribution in [1.29, 1.82) is 0 Å². The van der Waals surface area contributed by atoms with E-state index in [-0.39, 0.29) is 5.41 Å². The van der Waals surface area contributed by atoms with Gasteiger partial charge in [-0.05, 0) is 12.8 Å². The first-order chi connectivity index (χ1) is 9.75. The van der Waals surface area contributed by atoms with Gasteiger partial charge in [-0.1, -0.05) is 30.8 Å². The Morgan fingerprint density at radius 3 is 2.65 bits per heavy atom. The molecule has 1 aliphatic carbocycles. The molecule has 6 heteroatoms. The van der Waals surface area contributed by atoms with Gasteiger partial charge < -0.3 is 14.8 Å². The number of hydrogen-bond acceptors (Lipinski definition) is 5. The molecule has 108 valence electrons. The maximum Gasteiger partial charge on any atom is 0.234 e. The van der Waals surface area contributed by atoms with E-state index >= 15 is 0 Å². The Hall–Kier alpha value is -1.69. The quantitative estimate of drug-likeness (QED) is 0.866. The highest BCUT2D eigenvalue weighted by Crippen LogP contribution is 2.37. The molecule has 1 fully saturated rings. The zero-order valence-electron chi connectivity index (χ0n) is 11.9. The van der Waals surface area contributed by atoms with Crippen molar-refractivity contribution in [2.24, 2.45) is 12.8 Å². The number of rotatable bonds is 3. The highest BCUT2D eigenvalue weighted by Gasteiger charge is 2.37. The monoisotopic (exact) mass is 275 g/mol. The zero-order valence-corrected chi connectivity index (χ0v) is 11.9. The van der Waals surface area contributed by atoms with Crippen LogP contribution in [0.25, 0.3) is 11.5 Å². The van der Waals surface area contributed by atoms with E-state index in [1.807, 2.05) is 11.6 Å². The minimum absolute atomic E-state index is 0.139. The number of nitrogens with two attached hydrogens (primary N) is 1. The van der Waals surface area contributed by atoms with Gasteiger partial charge in [-0.15, -0.1) is 0 Å². The number of hydrogen-bond donors (Lipinski definition) is 1. The van der Waals surface area contributed by atoms with Gasteiger partial charge in [0.2, 0.25) is 11.7 Å². The van der Waals surface area contributed by atoms with Crippen molar-refractivity contribution >= 4 is 0 Å². The fourth-order valence-corrected chi connectivity index (χ4v) is 3.03. The summed E-state index contributed by atoms with van der Waals surface area (Å²) < 4.78 is 7.44. The van der Waals surface area contributed by atoms with E-state index in [2.05, 4.69) is 15.1 Å². The van der Waals surface area contributed by atoms with Crippen molar-refractivity contribution in [1.82, 2.24) is 19.7 Å².